The lowest BCUT2D eigenvalue weighted by Gasteiger charge is -2.11. The molecule has 27 heavy (non-hydrogen) atoms. The van der Waals surface area contributed by atoms with Gasteiger partial charge in [-0.1, -0.05) is 48.0 Å². The number of esters is 1. The second kappa shape index (κ2) is 8.33. The molecule has 1 heterocycles. The number of nitrogens with zero attached hydrogens (tertiary/aromatic N) is 1. The van der Waals surface area contributed by atoms with Crippen molar-refractivity contribution in [1.29, 1.82) is 0 Å². The molecule has 1 N–H and O–H groups in total. The third kappa shape index (κ3) is 4.72. The van der Waals surface area contributed by atoms with Crippen LogP contribution in [0.15, 0.2) is 47.8 Å². The minimum atomic E-state index is -0.643. The molecule has 138 valence electrons. The minimum Gasteiger partial charge on any atom is -0.451 e. The Bertz CT molecular complexity index is 963. The summed E-state index contributed by atoms with van der Waals surface area (Å²) in [7, 11) is 0. The summed E-state index contributed by atoms with van der Waals surface area (Å²) in [5.74, 6) is -1.11. The molecule has 0 bridgehead atoms. The van der Waals surface area contributed by atoms with E-state index in [2.05, 4.69) is 10.3 Å². The van der Waals surface area contributed by atoms with Crippen LogP contribution in [0.2, 0.25) is 5.02 Å². The van der Waals surface area contributed by atoms with Gasteiger partial charge in [-0.3, -0.25) is 4.79 Å². The minimum absolute atomic E-state index is 0.177. The first kappa shape index (κ1) is 19.1. The highest BCUT2D eigenvalue weighted by Crippen LogP contribution is 2.27. The van der Waals surface area contributed by atoms with Gasteiger partial charge in [-0.2, -0.15) is 0 Å². The summed E-state index contributed by atoms with van der Waals surface area (Å²) >= 11 is 7.51. The fraction of sp³-hybridized carbons (Fsp3) is 0.150. The Hall–Kier alpha value is -2.70. The van der Waals surface area contributed by atoms with E-state index in [9.17, 15) is 9.59 Å². The molecule has 3 rings (SSSR count). The molecule has 3 aromatic rings. The standard InChI is InChI=1S/C20H17ClN2O3S/c1-12-8-13(2)18(15(21)9-12)23-17(24)10-26-20(25)16-11-27-19(22-16)14-6-4-3-5-7-14/h3-9,11H,10H2,1-2H3,(H,23,24). The van der Waals surface area contributed by atoms with Gasteiger partial charge in [0, 0.05) is 10.9 Å². The molecule has 0 aliphatic rings. The zero-order valence-electron chi connectivity index (χ0n) is 14.8. The normalized spacial score (nSPS) is 10.5. The number of rotatable bonds is 5. The molecule has 1 amide bonds. The summed E-state index contributed by atoms with van der Waals surface area (Å²) in [5, 5.41) is 5.45. The highest BCUT2D eigenvalue weighted by molar-refractivity contribution is 7.13. The molecule has 0 aliphatic heterocycles. The van der Waals surface area contributed by atoms with Crippen molar-refractivity contribution < 1.29 is 14.3 Å². The van der Waals surface area contributed by atoms with Crippen molar-refractivity contribution >= 4 is 40.5 Å². The van der Waals surface area contributed by atoms with Crippen molar-refractivity contribution in [2.75, 3.05) is 11.9 Å². The molecular weight excluding hydrogens is 384 g/mol. The van der Waals surface area contributed by atoms with Gasteiger partial charge < -0.3 is 10.1 Å². The number of hydrogen-bond donors (Lipinski definition) is 1. The number of carbonyl (C=O) groups is 2. The molecule has 0 atom stereocenters. The van der Waals surface area contributed by atoms with Crippen LogP contribution in [0.3, 0.4) is 0 Å². The number of aromatic nitrogens is 1. The zero-order chi connectivity index (χ0) is 19.4. The van der Waals surface area contributed by atoms with Crippen molar-refractivity contribution in [1.82, 2.24) is 4.98 Å². The highest BCUT2D eigenvalue weighted by atomic mass is 35.5. The SMILES string of the molecule is Cc1cc(C)c(NC(=O)COC(=O)c2csc(-c3ccccc3)n2)c(Cl)c1. The van der Waals surface area contributed by atoms with Crippen molar-refractivity contribution in [3.8, 4) is 10.6 Å². The first-order valence-electron chi connectivity index (χ1n) is 8.18. The third-order valence-corrected chi connectivity index (χ3v) is 4.95. The molecule has 0 radical (unpaired) electrons. The second-order valence-electron chi connectivity index (χ2n) is 5.97. The van der Waals surface area contributed by atoms with Crippen LogP contribution in [0.1, 0.15) is 21.6 Å². The van der Waals surface area contributed by atoms with Crippen LogP contribution >= 0.6 is 22.9 Å². The van der Waals surface area contributed by atoms with Crippen LogP contribution in [0.4, 0.5) is 5.69 Å². The number of anilines is 1. The van der Waals surface area contributed by atoms with E-state index in [1.807, 2.05) is 50.2 Å². The molecule has 0 spiro atoms. The van der Waals surface area contributed by atoms with Gasteiger partial charge in [0.25, 0.3) is 5.91 Å². The van der Waals surface area contributed by atoms with Gasteiger partial charge in [-0.25, -0.2) is 9.78 Å². The van der Waals surface area contributed by atoms with E-state index in [-0.39, 0.29) is 5.69 Å². The van der Waals surface area contributed by atoms with Crippen molar-refractivity contribution in [3.63, 3.8) is 0 Å². The summed E-state index contributed by atoms with van der Waals surface area (Å²) in [6.07, 6.45) is 0. The maximum atomic E-state index is 12.1. The molecule has 0 saturated heterocycles. The molecule has 7 heteroatoms. The van der Waals surface area contributed by atoms with Crippen LogP contribution in [-0.4, -0.2) is 23.5 Å². The Labute approximate surface area is 166 Å². The highest BCUT2D eigenvalue weighted by Gasteiger charge is 2.16. The van der Waals surface area contributed by atoms with Crippen LogP contribution in [0.5, 0.6) is 0 Å². The number of aryl methyl sites for hydroxylation is 2. The molecule has 0 fully saturated rings. The quantitative estimate of drug-likeness (QED) is 0.620. The van der Waals surface area contributed by atoms with Crippen LogP contribution < -0.4 is 5.32 Å². The largest absolute Gasteiger partial charge is 0.451 e. The number of thiazole rings is 1. The number of carbonyl (C=O) groups excluding carboxylic acids is 2. The molecule has 1 aromatic heterocycles. The molecule has 5 nitrogen and oxygen atoms in total. The third-order valence-electron chi connectivity index (χ3n) is 3.76. The van der Waals surface area contributed by atoms with E-state index in [4.69, 9.17) is 16.3 Å². The van der Waals surface area contributed by atoms with Gasteiger partial charge in [0.2, 0.25) is 0 Å². The Morgan fingerprint density at radius 2 is 1.93 bits per heavy atom. The first-order chi connectivity index (χ1) is 12.9. The van der Waals surface area contributed by atoms with E-state index in [1.54, 1.807) is 11.4 Å². The number of nitrogens with one attached hydrogen (secondary N) is 1. The van der Waals surface area contributed by atoms with Crippen molar-refractivity contribution in [3.05, 3.63) is 69.7 Å². The van der Waals surface area contributed by atoms with E-state index in [1.165, 1.54) is 11.3 Å². The van der Waals surface area contributed by atoms with E-state index in [0.29, 0.717) is 15.7 Å². The van der Waals surface area contributed by atoms with Gasteiger partial charge in [0.15, 0.2) is 12.3 Å². The maximum absolute atomic E-state index is 12.1. The van der Waals surface area contributed by atoms with E-state index < -0.39 is 18.5 Å². The predicted molar refractivity (Wildman–Crippen MR) is 107 cm³/mol. The molecule has 0 saturated carbocycles. The van der Waals surface area contributed by atoms with Crippen LogP contribution in [0.25, 0.3) is 10.6 Å². The van der Waals surface area contributed by atoms with E-state index in [0.717, 1.165) is 16.7 Å². The molecular formula is C20H17ClN2O3S. The van der Waals surface area contributed by atoms with Gasteiger partial charge in [-0.05, 0) is 31.0 Å². The predicted octanol–water partition coefficient (Wildman–Crippen LogP) is 4.88. The Kier molecular flexibility index (Phi) is 5.88. The maximum Gasteiger partial charge on any atom is 0.358 e. The fourth-order valence-electron chi connectivity index (χ4n) is 2.54. The summed E-state index contributed by atoms with van der Waals surface area (Å²) < 4.78 is 5.06. The first-order valence-corrected chi connectivity index (χ1v) is 9.44. The molecule has 0 unspecified atom stereocenters. The number of ether oxygens (including phenoxy) is 1. The smallest absolute Gasteiger partial charge is 0.358 e. The number of halogens is 1. The monoisotopic (exact) mass is 400 g/mol. The lowest BCUT2D eigenvalue weighted by molar-refractivity contribution is -0.119. The number of amides is 1. The van der Waals surface area contributed by atoms with Gasteiger partial charge in [0.1, 0.15) is 5.01 Å². The summed E-state index contributed by atoms with van der Waals surface area (Å²) in [6, 6.07) is 13.2. The lowest BCUT2D eigenvalue weighted by Crippen LogP contribution is -2.21. The fourth-order valence-corrected chi connectivity index (χ4v) is 3.70. The zero-order valence-corrected chi connectivity index (χ0v) is 16.4. The average molecular weight is 401 g/mol. The van der Waals surface area contributed by atoms with Crippen molar-refractivity contribution in [2.24, 2.45) is 0 Å². The summed E-state index contributed by atoms with van der Waals surface area (Å²) in [4.78, 5) is 28.5. The Morgan fingerprint density at radius 1 is 1.19 bits per heavy atom. The van der Waals surface area contributed by atoms with Gasteiger partial charge >= 0.3 is 5.97 Å². The van der Waals surface area contributed by atoms with E-state index >= 15 is 0 Å². The van der Waals surface area contributed by atoms with Gasteiger partial charge in [-0.15, -0.1) is 11.3 Å². The summed E-state index contributed by atoms with van der Waals surface area (Å²) in [6.45, 7) is 3.35. The van der Waals surface area contributed by atoms with Crippen molar-refractivity contribution in [2.45, 2.75) is 13.8 Å². The Morgan fingerprint density at radius 3 is 2.63 bits per heavy atom. The molecule has 0 aliphatic carbocycles. The second-order valence-corrected chi connectivity index (χ2v) is 7.23. The number of hydrogen-bond acceptors (Lipinski definition) is 5. The average Bonchev–Trinajstić information content (AvgIpc) is 3.14. The topological polar surface area (TPSA) is 68.3 Å². The van der Waals surface area contributed by atoms with Crippen LogP contribution in [-0.2, 0) is 9.53 Å². The Balaban J connectivity index is 1.60. The number of benzene rings is 2. The van der Waals surface area contributed by atoms with Crippen LogP contribution in [0, 0.1) is 13.8 Å². The summed E-state index contributed by atoms with van der Waals surface area (Å²) in [5.41, 5.74) is 3.45. The lowest BCUT2D eigenvalue weighted by atomic mass is 10.1. The van der Waals surface area contributed by atoms with Gasteiger partial charge in [0.05, 0.1) is 10.7 Å². The molecule has 2 aromatic carbocycles.